The molecule has 2 rings (SSSR count). The Morgan fingerprint density at radius 3 is 1.78 bits per heavy atom. The number of allylic oxidation sites excluding steroid dienone is 2. The van der Waals surface area contributed by atoms with Gasteiger partial charge in [-0.15, -0.1) is 0 Å². The molecule has 344 valence electrons. The highest BCUT2D eigenvalue weighted by molar-refractivity contribution is 5.89. The second-order valence-electron chi connectivity index (χ2n) is 18.6. The van der Waals surface area contributed by atoms with Gasteiger partial charge in [0, 0.05) is 31.6 Å². The van der Waals surface area contributed by atoms with Crippen LogP contribution >= 0.6 is 0 Å². The molecule has 1 saturated heterocycles. The highest BCUT2D eigenvalue weighted by Crippen LogP contribution is 2.22. The molecule has 1 aliphatic carbocycles. The molecule has 7 heteroatoms. The van der Waals surface area contributed by atoms with E-state index in [4.69, 9.17) is 4.74 Å². The zero-order valence-electron chi connectivity index (χ0n) is 39.4. The number of hydrogen-bond donors (Lipinski definition) is 1. The van der Waals surface area contributed by atoms with Gasteiger partial charge in [0.15, 0.2) is 6.61 Å². The minimum Gasteiger partial charge on any atom is -0.456 e. The summed E-state index contributed by atoms with van der Waals surface area (Å²) in [6, 6.07) is 0.270. The third-order valence-corrected chi connectivity index (χ3v) is 13.3. The van der Waals surface area contributed by atoms with Gasteiger partial charge in [-0.1, -0.05) is 193 Å². The van der Waals surface area contributed by atoms with E-state index in [0.29, 0.717) is 25.4 Å². The van der Waals surface area contributed by atoms with Crippen LogP contribution in [0.15, 0.2) is 12.2 Å². The van der Waals surface area contributed by atoms with E-state index in [2.05, 4.69) is 43.1 Å². The average molecular weight is 828 g/mol. The van der Waals surface area contributed by atoms with Crippen LogP contribution in [0.25, 0.3) is 0 Å². The lowest BCUT2D eigenvalue weighted by atomic mass is 9.99. The number of nitrogens with zero attached hydrogens (tertiary/aromatic N) is 2. The molecule has 59 heavy (non-hydrogen) atoms. The molecule has 0 bridgehead atoms. The van der Waals surface area contributed by atoms with Crippen molar-refractivity contribution in [3.8, 4) is 0 Å². The SMILES string of the molecule is CCCC/C=C\CCCCCCCCCC(C(=O)NC1CCCCCC1)N(CCCN1CCCCC1CC)C(=O)COC(=O)CCCCCCCCCCCCCCC. The van der Waals surface area contributed by atoms with Crippen LogP contribution in [0.2, 0.25) is 0 Å². The van der Waals surface area contributed by atoms with Gasteiger partial charge in [-0.25, -0.2) is 0 Å². The molecule has 0 aromatic rings. The average Bonchev–Trinajstić information content (AvgIpc) is 3.52. The first-order valence-electron chi connectivity index (χ1n) is 26.1. The highest BCUT2D eigenvalue weighted by atomic mass is 16.5. The van der Waals surface area contributed by atoms with Crippen molar-refractivity contribution in [1.29, 1.82) is 0 Å². The maximum Gasteiger partial charge on any atom is 0.306 e. The Labute approximate surface area is 365 Å². The number of hydrogen-bond acceptors (Lipinski definition) is 5. The van der Waals surface area contributed by atoms with Crippen LogP contribution in [0.4, 0.5) is 0 Å². The summed E-state index contributed by atoms with van der Waals surface area (Å²) in [7, 11) is 0. The topological polar surface area (TPSA) is 79.0 Å². The van der Waals surface area contributed by atoms with E-state index in [1.807, 2.05) is 4.90 Å². The summed E-state index contributed by atoms with van der Waals surface area (Å²) in [6.45, 7) is 9.12. The van der Waals surface area contributed by atoms with E-state index in [1.165, 1.54) is 154 Å². The summed E-state index contributed by atoms with van der Waals surface area (Å²) in [5.41, 5.74) is 0. The number of nitrogens with one attached hydrogen (secondary N) is 1. The number of ether oxygens (including phenoxy) is 1. The molecule has 0 aromatic carbocycles. The fraction of sp³-hybridized carbons (Fsp3) is 0.904. The first-order chi connectivity index (χ1) is 29.0. The standard InChI is InChI=1S/C52H97N3O4/c1-4-7-9-11-13-15-17-19-21-23-25-27-33-41-49(52(58)53-47-38-31-29-30-32-39-47)55(45-37-44-54-43-36-35-40-48(54)6-3)50(56)46-59-51(57)42-34-28-26-24-22-20-18-16-14-12-10-8-5-2/h11,13,47-49H,4-10,12,14-46H2,1-3H3,(H,53,58)/b13-11-. The Hall–Kier alpha value is -1.89. The molecular weight excluding hydrogens is 731 g/mol. The minimum absolute atomic E-state index is 0.0000473. The van der Waals surface area contributed by atoms with Gasteiger partial charge < -0.3 is 19.9 Å². The van der Waals surface area contributed by atoms with Gasteiger partial charge in [-0.3, -0.25) is 14.4 Å². The first-order valence-corrected chi connectivity index (χ1v) is 26.1. The largest absolute Gasteiger partial charge is 0.456 e. The van der Waals surface area contributed by atoms with Crippen molar-refractivity contribution in [2.75, 3.05) is 26.2 Å². The van der Waals surface area contributed by atoms with Gasteiger partial charge in [-0.05, 0) is 77.2 Å². The van der Waals surface area contributed by atoms with Crippen molar-refractivity contribution in [1.82, 2.24) is 15.1 Å². The number of carbonyl (C=O) groups excluding carboxylic acids is 3. The third-order valence-electron chi connectivity index (χ3n) is 13.3. The molecule has 7 nitrogen and oxygen atoms in total. The minimum atomic E-state index is -0.520. The van der Waals surface area contributed by atoms with Crippen LogP contribution in [0.1, 0.15) is 258 Å². The van der Waals surface area contributed by atoms with E-state index >= 15 is 0 Å². The lowest BCUT2D eigenvalue weighted by Crippen LogP contribution is -2.53. The van der Waals surface area contributed by atoms with Gasteiger partial charge in [0.05, 0.1) is 0 Å². The van der Waals surface area contributed by atoms with Gasteiger partial charge in [0.25, 0.3) is 5.91 Å². The summed E-state index contributed by atoms with van der Waals surface area (Å²) in [6.07, 6.45) is 47.8. The van der Waals surface area contributed by atoms with Gasteiger partial charge >= 0.3 is 5.97 Å². The van der Waals surface area contributed by atoms with Crippen LogP contribution in [-0.4, -0.2) is 72.0 Å². The number of unbranched alkanes of at least 4 members (excludes halogenated alkanes) is 21. The molecule has 1 heterocycles. The van der Waals surface area contributed by atoms with Gasteiger partial charge in [0.1, 0.15) is 6.04 Å². The van der Waals surface area contributed by atoms with Crippen LogP contribution in [0.5, 0.6) is 0 Å². The molecule has 2 aliphatic rings. The van der Waals surface area contributed by atoms with Crippen molar-refractivity contribution in [3.63, 3.8) is 0 Å². The molecule has 2 unspecified atom stereocenters. The number of likely N-dealkylation sites (tertiary alicyclic amines) is 1. The summed E-state index contributed by atoms with van der Waals surface area (Å²) in [4.78, 5) is 45.7. The molecule has 0 aromatic heterocycles. The maximum atomic E-state index is 14.2. The maximum absolute atomic E-state index is 14.2. The third kappa shape index (κ3) is 27.6. The van der Waals surface area contributed by atoms with Crippen LogP contribution in [0.3, 0.4) is 0 Å². The van der Waals surface area contributed by atoms with Gasteiger partial charge in [0.2, 0.25) is 5.91 Å². The van der Waals surface area contributed by atoms with Crippen LogP contribution in [0, 0.1) is 0 Å². The Balaban J connectivity index is 1.92. The van der Waals surface area contributed by atoms with Crippen molar-refractivity contribution in [2.45, 2.75) is 276 Å². The molecule has 2 amide bonds. The molecule has 0 spiro atoms. The lowest BCUT2D eigenvalue weighted by Gasteiger charge is -2.37. The number of rotatable bonds is 37. The number of amides is 2. The molecule has 1 aliphatic heterocycles. The van der Waals surface area contributed by atoms with Crippen molar-refractivity contribution >= 4 is 17.8 Å². The second-order valence-corrected chi connectivity index (χ2v) is 18.6. The summed E-state index contributed by atoms with van der Waals surface area (Å²) in [5.74, 6) is -0.494. The Morgan fingerprint density at radius 2 is 1.17 bits per heavy atom. The molecule has 0 radical (unpaired) electrons. The molecule has 1 saturated carbocycles. The zero-order chi connectivity index (χ0) is 42.4. The monoisotopic (exact) mass is 828 g/mol. The lowest BCUT2D eigenvalue weighted by molar-refractivity contribution is -0.154. The second kappa shape index (κ2) is 37.8. The van der Waals surface area contributed by atoms with E-state index in [1.54, 1.807) is 0 Å². The zero-order valence-corrected chi connectivity index (χ0v) is 39.4. The number of carbonyl (C=O) groups is 3. The van der Waals surface area contributed by atoms with Crippen LogP contribution < -0.4 is 5.32 Å². The van der Waals surface area contributed by atoms with E-state index in [0.717, 1.165) is 83.7 Å². The Bertz CT molecular complexity index is 1040. The Morgan fingerprint density at radius 1 is 0.627 bits per heavy atom. The molecular formula is C52H97N3O4. The summed E-state index contributed by atoms with van der Waals surface area (Å²) >= 11 is 0. The van der Waals surface area contributed by atoms with Crippen molar-refractivity contribution < 1.29 is 19.1 Å². The van der Waals surface area contributed by atoms with Gasteiger partial charge in [-0.2, -0.15) is 0 Å². The fourth-order valence-electron chi connectivity index (χ4n) is 9.49. The van der Waals surface area contributed by atoms with Crippen molar-refractivity contribution in [3.05, 3.63) is 12.2 Å². The quantitative estimate of drug-likeness (QED) is 0.0292. The summed E-state index contributed by atoms with van der Waals surface area (Å²) in [5, 5.41) is 3.42. The molecule has 2 fully saturated rings. The summed E-state index contributed by atoms with van der Waals surface area (Å²) < 4.78 is 5.66. The first kappa shape index (κ1) is 53.2. The number of piperidine rings is 1. The van der Waals surface area contributed by atoms with Crippen molar-refractivity contribution in [2.24, 2.45) is 0 Å². The predicted molar refractivity (Wildman–Crippen MR) is 251 cm³/mol. The smallest absolute Gasteiger partial charge is 0.306 e. The van der Waals surface area contributed by atoms with E-state index in [-0.39, 0.29) is 30.4 Å². The van der Waals surface area contributed by atoms with E-state index < -0.39 is 6.04 Å². The Kier molecular flexibility index (Phi) is 34.1. The highest BCUT2D eigenvalue weighted by Gasteiger charge is 2.32. The predicted octanol–water partition coefficient (Wildman–Crippen LogP) is 14.0. The molecule has 2 atom stereocenters. The van der Waals surface area contributed by atoms with Crippen LogP contribution in [-0.2, 0) is 19.1 Å². The fourth-order valence-corrected chi connectivity index (χ4v) is 9.49. The molecule has 1 N–H and O–H groups in total. The van der Waals surface area contributed by atoms with E-state index in [9.17, 15) is 14.4 Å². The normalized spacial score (nSPS) is 17.2. The number of esters is 1.